The lowest BCUT2D eigenvalue weighted by atomic mass is 9.92. The summed E-state index contributed by atoms with van der Waals surface area (Å²) in [5.41, 5.74) is 2.49. The van der Waals surface area contributed by atoms with Crippen molar-refractivity contribution in [2.24, 2.45) is 0 Å². The van der Waals surface area contributed by atoms with Crippen molar-refractivity contribution in [3.8, 4) is 0 Å². The highest BCUT2D eigenvalue weighted by Gasteiger charge is 2.42. The van der Waals surface area contributed by atoms with Crippen LogP contribution >= 0.6 is 11.8 Å². The van der Waals surface area contributed by atoms with Gasteiger partial charge in [0.15, 0.2) is 0 Å². The van der Waals surface area contributed by atoms with Crippen molar-refractivity contribution < 1.29 is 18.0 Å². The number of nitrogens with one attached hydrogen (secondary N) is 2. The molecule has 0 aromatic heterocycles. The van der Waals surface area contributed by atoms with E-state index in [1.165, 1.54) is 22.7 Å². The van der Waals surface area contributed by atoms with E-state index < -0.39 is 15.8 Å². The van der Waals surface area contributed by atoms with Crippen molar-refractivity contribution in [2.45, 2.75) is 25.4 Å². The monoisotopic (exact) mass is 378 g/mol. The van der Waals surface area contributed by atoms with Gasteiger partial charge in [-0.2, -0.15) is 28.8 Å². The summed E-state index contributed by atoms with van der Waals surface area (Å²) in [4.78, 5) is 17.7. The van der Waals surface area contributed by atoms with Crippen LogP contribution in [-0.4, -0.2) is 73.8 Å². The Morgan fingerprint density at radius 1 is 1.46 bits per heavy atom. The van der Waals surface area contributed by atoms with Crippen LogP contribution in [0.15, 0.2) is 11.8 Å². The van der Waals surface area contributed by atoms with Crippen molar-refractivity contribution in [2.75, 3.05) is 45.2 Å². The third-order valence-corrected chi connectivity index (χ3v) is 6.95. The van der Waals surface area contributed by atoms with Crippen LogP contribution in [0, 0.1) is 0 Å². The SMILES string of the molecule is CCSCCNC(=O)C1=CC2(CCN(S(=O)(=O)N(C)C)CC2)ON1. The summed E-state index contributed by atoms with van der Waals surface area (Å²) in [6, 6.07) is 0. The number of piperidine rings is 1. The molecular weight excluding hydrogens is 352 g/mol. The Bertz CT molecular complexity index is 584. The number of hydrogen-bond donors (Lipinski definition) is 2. The molecule has 0 atom stereocenters. The van der Waals surface area contributed by atoms with Crippen LogP contribution in [0.4, 0.5) is 0 Å². The van der Waals surface area contributed by atoms with E-state index in [0.717, 1.165) is 11.5 Å². The zero-order chi connectivity index (χ0) is 17.8. The zero-order valence-electron chi connectivity index (χ0n) is 14.4. The first-order chi connectivity index (χ1) is 11.3. The maximum absolute atomic E-state index is 12.1. The average molecular weight is 379 g/mol. The largest absolute Gasteiger partial charge is 0.350 e. The molecular formula is C14H26N4O4S2. The molecule has 0 unspecified atom stereocenters. The number of amides is 1. The van der Waals surface area contributed by atoms with Gasteiger partial charge in [0.25, 0.3) is 16.1 Å². The fourth-order valence-electron chi connectivity index (χ4n) is 2.64. The van der Waals surface area contributed by atoms with Gasteiger partial charge in [0, 0.05) is 39.5 Å². The molecule has 1 amide bonds. The summed E-state index contributed by atoms with van der Waals surface area (Å²) in [5.74, 6) is 1.71. The minimum atomic E-state index is -3.41. The van der Waals surface area contributed by atoms with Gasteiger partial charge in [-0.05, 0) is 24.7 Å². The Kier molecular flexibility index (Phi) is 6.54. The molecule has 0 bridgehead atoms. The lowest BCUT2D eigenvalue weighted by molar-refractivity contribution is -0.119. The zero-order valence-corrected chi connectivity index (χ0v) is 16.0. The van der Waals surface area contributed by atoms with Crippen LogP contribution in [0.25, 0.3) is 0 Å². The van der Waals surface area contributed by atoms with Crippen LogP contribution in [0.5, 0.6) is 0 Å². The van der Waals surface area contributed by atoms with Gasteiger partial charge in [-0.3, -0.25) is 15.1 Å². The topological polar surface area (TPSA) is 91.0 Å². The molecule has 2 N–H and O–H groups in total. The van der Waals surface area contributed by atoms with E-state index >= 15 is 0 Å². The molecule has 24 heavy (non-hydrogen) atoms. The lowest BCUT2D eigenvalue weighted by Gasteiger charge is -2.36. The summed E-state index contributed by atoms with van der Waals surface area (Å²) < 4.78 is 26.9. The van der Waals surface area contributed by atoms with Gasteiger partial charge in [0.2, 0.25) is 0 Å². The van der Waals surface area contributed by atoms with Crippen LogP contribution in [0.2, 0.25) is 0 Å². The smallest absolute Gasteiger partial charge is 0.281 e. The van der Waals surface area contributed by atoms with Gasteiger partial charge in [-0.25, -0.2) is 0 Å². The van der Waals surface area contributed by atoms with E-state index in [2.05, 4.69) is 17.7 Å². The predicted molar refractivity (Wildman–Crippen MR) is 94.5 cm³/mol. The second-order valence-corrected chi connectivity index (χ2v) is 9.51. The summed E-state index contributed by atoms with van der Waals surface area (Å²) in [5, 5.41) is 2.85. The molecule has 1 saturated heterocycles. The van der Waals surface area contributed by atoms with Gasteiger partial charge in [0.05, 0.1) is 0 Å². The Labute approximate surface area is 148 Å². The Morgan fingerprint density at radius 3 is 2.71 bits per heavy atom. The highest BCUT2D eigenvalue weighted by atomic mass is 32.2. The van der Waals surface area contributed by atoms with Crippen molar-refractivity contribution in [3.63, 3.8) is 0 Å². The molecule has 0 aliphatic carbocycles. The molecule has 2 aliphatic heterocycles. The summed E-state index contributed by atoms with van der Waals surface area (Å²) in [6.07, 6.45) is 2.81. The quantitative estimate of drug-likeness (QED) is 0.602. The van der Waals surface area contributed by atoms with E-state index in [9.17, 15) is 13.2 Å². The molecule has 1 fully saturated rings. The molecule has 8 nitrogen and oxygen atoms in total. The van der Waals surface area contributed by atoms with Crippen LogP contribution in [0.1, 0.15) is 19.8 Å². The van der Waals surface area contributed by atoms with E-state index in [1.54, 1.807) is 17.8 Å². The van der Waals surface area contributed by atoms with Crippen molar-refractivity contribution >= 4 is 27.9 Å². The molecule has 0 radical (unpaired) electrons. The number of hydroxylamine groups is 1. The number of rotatable bonds is 7. The first-order valence-electron chi connectivity index (χ1n) is 8.01. The van der Waals surface area contributed by atoms with Crippen molar-refractivity contribution in [1.82, 2.24) is 19.4 Å². The fraction of sp³-hybridized carbons (Fsp3) is 0.786. The summed E-state index contributed by atoms with van der Waals surface area (Å²) in [6.45, 7) is 3.41. The minimum Gasteiger partial charge on any atom is -0.350 e. The number of nitrogens with zero attached hydrogens (tertiary/aromatic N) is 2. The van der Waals surface area contributed by atoms with Gasteiger partial charge in [0.1, 0.15) is 11.3 Å². The average Bonchev–Trinajstić information content (AvgIpc) is 2.95. The Balaban J connectivity index is 1.90. The lowest BCUT2D eigenvalue weighted by Crippen LogP contribution is -2.49. The molecule has 0 saturated carbocycles. The Morgan fingerprint density at radius 2 is 2.12 bits per heavy atom. The molecule has 10 heteroatoms. The maximum Gasteiger partial charge on any atom is 0.281 e. The Hall–Kier alpha value is -0.810. The van der Waals surface area contributed by atoms with E-state index in [4.69, 9.17) is 4.84 Å². The van der Waals surface area contributed by atoms with Gasteiger partial charge in [-0.15, -0.1) is 0 Å². The molecule has 2 aliphatic rings. The second-order valence-electron chi connectivity index (χ2n) is 5.97. The maximum atomic E-state index is 12.1. The third-order valence-electron chi connectivity index (χ3n) is 4.11. The van der Waals surface area contributed by atoms with E-state index in [0.29, 0.717) is 38.2 Å². The molecule has 0 aromatic carbocycles. The van der Waals surface area contributed by atoms with Crippen molar-refractivity contribution in [1.29, 1.82) is 0 Å². The minimum absolute atomic E-state index is 0.188. The van der Waals surface area contributed by atoms with E-state index in [1.807, 2.05) is 0 Å². The second kappa shape index (κ2) is 8.05. The highest BCUT2D eigenvalue weighted by molar-refractivity contribution is 7.99. The van der Waals surface area contributed by atoms with Crippen LogP contribution < -0.4 is 10.8 Å². The molecule has 2 rings (SSSR count). The molecule has 2 heterocycles. The van der Waals surface area contributed by atoms with Gasteiger partial charge in [-0.1, -0.05) is 6.92 Å². The summed E-state index contributed by atoms with van der Waals surface area (Å²) in [7, 11) is -0.364. The van der Waals surface area contributed by atoms with Crippen LogP contribution in [0.3, 0.4) is 0 Å². The number of carbonyl (C=O) groups excluding carboxylic acids is 1. The fourth-order valence-corrected chi connectivity index (χ4v) is 4.28. The number of hydrogen-bond acceptors (Lipinski definition) is 6. The molecule has 138 valence electrons. The number of thioether (sulfide) groups is 1. The first kappa shape index (κ1) is 19.5. The number of carbonyl (C=O) groups is 1. The third kappa shape index (κ3) is 4.42. The standard InChI is InChI=1S/C14H26N4O4S2/c1-4-23-10-7-15-13(19)12-11-14(22-16-12)5-8-18(9-6-14)24(20,21)17(2)3/h11,16H,4-10H2,1-3H3,(H,15,19). The molecule has 0 aromatic rings. The highest BCUT2D eigenvalue weighted by Crippen LogP contribution is 2.32. The van der Waals surface area contributed by atoms with Gasteiger partial charge >= 0.3 is 0 Å². The van der Waals surface area contributed by atoms with Gasteiger partial charge < -0.3 is 5.32 Å². The summed E-state index contributed by atoms with van der Waals surface area (Å²) >= 11 is 1.77. The molecule has 1 spiro atoms. The van der Waals surface area contributed by atoms with Crippen molar-refractivity contribution in [3.05, 3.63) is 11.8 Å². The predicted octanol–water partition coefficient (Wildman–Crippen LogP) is -0.0846. The van der Waals surface area contributed by atoms with Crippen LogP contribution in [-0.2, 0) is 19.8 Å². The van der Waals surface area contributed by atoms with E-state index in [-0.39, 0.29) is 5.91 Å². The normalized spacial score (nSPS) is 20.9. The first-order valence-corrected chi connectivity index (χ1v) is 10.6.